The van der Waals surface area contributed by atoms with Crippen LogP contribution in [-0.4, -0.2) is 81.9 Å². The SMILES string of the molecule is O=S(=O)(O)c1ccc2c(ccc3nn(-c4ccc(N=Nc5ccc(C=Cc6ccc(-n7nc8cc(S(=O)(=O)O)c9ccccc9c8n7)cc6S(=O)(=O)O)c(S(=O)(=O)O)c5)cc4)nc32)c1. The first kappa shape index (κ1) is 42.2. The molecule has 9 aromatic rings. The Morgan fingerprint density at radius 2 is 0.984 bits per heavy atom. The Bertz CT molecular complexity index is 3970. The maximum absolute atomic E-state index is 12.6. The fourth-order valence-corrected chi connectivity index (χ4v) is 9.55. The number of hydrogen-bond donors (Lipinski definition) is 4. The second-order valence-corrected chi connectivity index (χ2v) is 19.6. The molecule has 0 aliphatic heterocycles. The molecular weight excluding hydrogens is 913 g/mol. The second kappa shape index (κ2) is 15.3. The van der Waals surface area contributed by atoms with E-state index < -0.39 is 55.2 Å². The van der Waals surface area contributed by atoms with Gasteiger partial charge in [-0.25, -0.2) is 0 Å². The standard InChI is InChI=1S/C40H26N8O12S4/c49-61(50,51)30-16-17-31-25(19-30)9-18-34-39(31)45-47(43-34)28-14-11-26(12-15-28)41-42-27-10-7-23(36(20-27)62(52,53)54)5-6-24-8-13-29(21-37(24)63(55,56)57)48-44-35-22-38(64(58,59)60)32-3-1-2-4-33(32)40(35)46-48/h1-22H,(H,49,50,51)(H,52,53,54)(H,55,56,57)(H,58,59,60). The highest BCUT2D eigenvalue weighted by atomic mass is 32.2. The second-order valence-electron chi connectivity index (χ2n) is 14.0. The summed E-state index contributed by atoms with van der Waals surface area (Å²) in [5.41, 5.74) is 2.05. The lowest BCUT2D eigenvalue weighted by Gasteiger charge is -2.07. The van der Waals surface area contributed by atoms with Crippen LogP contribution in [-0.2, 0) is 40.5 Å². The molecule has 2 heterocycles. The number of benzene rings is 7. The molecule has 9 rings (SSSR count). The maximum atomic E-state index is 12.6. The summed E-state index contributed by atoms with van der Waals surface area (Å²) in [4.78, 5) is 0.496. The van der Waals surface area contributed by atoms with Crippen molar-refractivity contribution in [1.82, 2.24) is 30.0 Å². The van der Waals surface area contributed by atoms with E-state index in [1.165, 1.54) is 65.5 Å². The Labute approximate surface area is 361 Å². The average molecular weight is 939 g/mol. The van der Waals surface area contributed by atoms with E-state index in [0.717, 1.165) is 23.0 Å². The quantitative estimate of drug-likeness (QED) is 0.0607. The molecule has 0 spiro atoms. The van der Waals surface area contributed by atoms with Crippen molar-refractivity contribution in [2.24, 2.45) is 10.2 Å². The number of hydrogen-bond acceptors (Lipinski definition) is 14. The molecule has 0 unspecified atom stereocenters. The van der Waals surface area contributed by atoms with E-state index in [1.54, 1.807) is 54.6 Å². The minimum atomic E-state index is -4.94. The van der Waals surface area contributed by atoms with Gasteiger partial charge < -0.3 is 0 Å². The molecule has 0 saturated carbocycles. The van der Waals surface area contributed by atoms with Crippen LogP contribution in [0.25, 0.3) is 67.1 Å². The summed E-state index contributed by atoms with van der Waals surface area (Å²) in [6, 6.07) is 28.7. The van der Waals surface area contributed by atoms with Gasteiger partial charge in [0.05, 0.1) is 27.6 Å². The van der Waals surface area contributed by atoms with E-state index in [4.69, 9.17) is 0 Å². The normalized spacial score (nSPS) is 13.1. The fourth-order valence-electron chi connectivity index (χ4n) is 6.91. The summed E-state index contributed by atoms with van der Waals surface area (Å²) < 4.78 is 137. The first-order valence-electron chi connectivity index (χ1n) is 18.2. The van der Waals surface area contributed by atoms with Crippen molar-refractivity contribution in [1.29, 1.82) is 0 Å². The molecule has 7 aromatic carbocycles. The fraction of sp³-hybridized carbons (Fsp3) is 0. The molecule has 0 saturated heterocycles. The predicted molar refractivity (Wildman–Crippen MR) is 232 cm³/mol. The zero-order valence-corrected chi connectivity index (χ0v) is 35.2. The van der Waals surface area contributed by atoms with E-state index >= 15 is 0 Å². The van der Waals surface area contributed by atoms with Gasteiger partial charge in [-0.1, -0.05) is 60.7 Å². The lowest BCUT2D eigenvalue weighted by molar-refractivity contribution is 0.480. The summed E-state index contributed by atoms with van der Waals surface area (Å²) in [5.74, 6) is 0. The predicted octanol–water partition coefficient (Wildman–Crippen LogP) is 7.03. The van der Waals surface area contributed by atoms with E-state index in [9.17, 15) is 51.9 Å². The van der Waals surface area contributed by atoms with E-state index in [-0.39, 0.29) is 43.8 Å². The Kier molecular flexibility index (Phi) is 10.1. The summed E-state index contributed by atoms with van der Waals surface area (Å²) >= 11 is 0. The van der Waals surface area contributed by atoms with Crippen LogP contribution in [0, 0.1) is 0 Å². The molecule has 0 aliphatic carbocycles. The number of rotatable bonds is 10. The van der Waals surface area contributed by atoms with Gasteiger partial charge in [0.15, 0.2) is 0 Å². The van der Waals surface area contributed by atoms with E-state index in [0.29, 0.717) is 38.6 Å². The topological polar surface area (TPSA) is 304 Å². The van der Waals surface area contributed by atoms with Crippen molar-refractivity contribution >= 4 is 108 Å². The lowest BCUT2D eigenvalue weighted by Crippen LogP contribution is -2.05. The van der Waals surface area contributed by atoms with Crippen molar-refractivity contribution in [2.45, 2.75) is 19.6 Å². The van der Waals surface area contributed by atoms with Gasteiger partial charge in [-0.05, 0) is 89.3 Å². The van der Waals surface area contributed by atoms with Gasteiger partial charge in [0.1, 0.15) is 36.8 Å². The van der Waals surface area contributed by atoms with Crippen molar-refractivity contribution in [2.75, 3.05) is 0 Å². The molecule has 0 fully saturated rings. The summed E-state index contributed by atoms with van der Waals surface area (Å²) in [5, 5.41) is 27.6. The average Bonchev–Trinajstić information content (AvgIpc) is 3.89. The van der Waals surface area contributed by atoms with Crippen molar-refractivity contribution in [3.05, 3.63) is 132 Å². The highest BCUT2D eigenvalue weighted by molar-refractivity contribution is 7.86. The third-order valence-corrected chi connectivity index (χ3v) is 13.4. The minimum absolute atomic E-state index is 0.0245. The lowest BCUT2D eigenvalue weighted by atomic mass is 10.1. The van der Waals surface area contributed by atoms with Crippen molar-refractivity contribution < 1.29 is 51.9 Å². The number of azo groups is 1. The van der Waals surface area contributed by atoms with Gasteiger partial charge in [0, 0.05) is 16.2 Å². The van der Waals surface area contributed by atoms with Crippen LogP contribution in [0.1, 0.15) is 11.1 Å². The maximum Gasteiger partial charge on any atom is 0.295 e. The van der Waals surface area contributed by atoms with Crippen molar-refractivity contribution in [3.63, 3.8) is 0 Å². The minimum Gasteiger partial charge on any atom is -0.282 e. The third-order valence-electron chi connectivity index (χ3n) is 9.85. The van der Waals surface area contributed by atoms with Gasteiger partial charge in [0.2, 0.25) is 0 Å². The molecule has 0 atom stereocenters. The molecule has 2 aromatic heterocycles. The van der Waals surface area contributed by atoms with Gasteiger partial charge >= 0.3 is 0 Å². The molecule has 24 heteroatoms. The summed E-state index contributed by atoms with van der Waals surface area (Å²) in [7, 11) is -18.9. The van der Waals surface area contributed by atoms with Crippen LogP contribution >= 0.6 is 0 Å². The highest BCUT2D eigenvalue weighted by Crippen LogP contribution is 2.32. The Balaban J connectivity index is 0.977. The van der Waals surface area contributed by atoms with E-state index in [1.807, 2.05) is 0 Å². The summed E-state index contributed by atoms with van der Waals surface area (Å²) in [6.45, 7) is 0. The van der Waals surface area contributed by atoms with Crippen LogP contribution in [0.3, 0.4) is 0 Å². The Hall–Kier alpha value is -7.16. The zero-order chi connectivity index (χ0) is 45.3. The van der Waals surface area contributed by atoms with Gasteiger partial charge in [-0.15, -0.1) is 20.4 Å². The molecule has 322 valence electrons. The first-order valence-corrected chi connectivity index (χ1v) is 23.9. The van der Waals surface area contributed by atoms with Crippen LogP contribution < -0.4 is 0 Å². The van der Waals surface area contributed by atoms with Gasteiger partial charge in [0.25, 0.3) is 40.5 Å². The van der Waals surface area contributed by atoms with Gasteiger partial charge in [-0.2, -0.15) is 53.5 Å². The van der Waals surface area contributed by atoms with Crippen LogP contribution in [0.2, 0.25) is 0 Å². The van der Waals surface area contributed by atoms with Crippen molar-refractivity contribution in [3.8, 4) is 11.4 Å². The van der Waals surface area contributed by atoms with Gasteiger partial charge in [-0.3, -0.25) is 18.2 Å². The molecule has 20 nitrogen and oxygen atoms in total. The molecule has 0 amide bonds. The molecule has 0 radical (unpaired) electrons. The first-order chi connectivity index (χ1) is 30.2. The number of fused-ring (bicyclic) bond motifs is 6. The van der Waals surface area contributed by atoms with Crippen LogP contribution in [0.5, 0.6) is 0 Å². The molecule has 64 heavy (non-hydrogen) atoms. The molecule has 0 bridgehead atoms. The highest BCUT2D eigenvalue weighted by Gasteiger charge is 2.22. The molecule has 4 N–H and O–H groups in total. The molecular formula is C40H26N8O12S4. The Morgan fingerprint density at radius 1 is 0.438 bits per heavy atom. The van der Waals surface area contributed by atoms with E-state index in [2.05, 4.69) is 30.6 Å². The number of aromatic nitrogens is 6. The monoisotopic (exact) mass is 938 g/mol. The Morgan fingerprint density at radius 3 is 1.64 bits per heavy atom. The largest absolute Gasteiger partial charge is 0.295 e. The van der Waals surface area contributed by atoms with Crippen LogP contribution in [0.4, 0.5) is 11.4 Å². The number of nitrogens with zero attached hydrogens (tertiary/aromatic N) is 8. The summed E-state index contributed by atoms with van der Waals surface area (Å²) in [6.07, 6.45) is 2.39. The smallest absolute Gasteiger partial charge is 0.282 e. The third kappa shape index (κ3) is 8.13. The molecule has 0 aliphatic rings. The van der Waals surface area contributed by atoms with Crippen LogP contribution in [0.15, 0.2) is 151 Å². The zero-order valence-electron chi connectivity index (χ0n) is 32.0.